The SMILES string of the molecule is c1ccc(C2=NO[C@H]3c4ccccc4C[C@@H]23)cc1. The van der Waals surface area contributed by atoms with Crippen molar-refractivity contribution in [3.8, 4) is 0 Å². The number of fused-ring (bicyclic) bond motifs is 3. The molecule has 88 valence electrons. The van der Waals surface area contributed by atoms with Crippen molar-refractivity contribution in [1.29, 1.82) is 0 Å². The van der Waals surface area contributed by atoms with E-state index in [1.165, 1.54) is 16.7 Å². The van der Waals surface area contributed by atoms with E-state index >= 15 is 0 Å². The summed E-state index contributed by atoms with van der Waals surface area (Å²) in [6.07, 6.45) is 1.16. The molecule has 0 radical (unpaired) electrons. The topological polar surface area (TPSA) is 21.6 Å². The molecule has 0 unspecified atom stereocenters. The Labute approximate surface area is 106 Å². The van der Waals surface area contributed by atoms with Crippen molar-refractivity contribution in [2.24, 2.45) is 11.1 Å². The van der Waals surface area contributed by atoms with E-state index < -0.39 is 0 Å². The normalized spacial score (nSPS) is 24.1. The van der Waals surface area contributed by atoms with E-state index in [9.17, 15) is 0 Å². The molecule has 0 aromatic heterocycles. The fraction of sp³-hybridized carbons (Fsp3) is 0.188. The van der Waals surface area contributed by atoms with Gasteiger partial charge in [0.05, 0.1) is 11.6 Å². The second-order valence-corrected chi connectivity index (χ2v) is 4.88. The van der Waals surface area contributed by atoms with Crippen LogP contribution in [-0.2, 0) is 11.3 Å². The molecule has 2 nitrogen and oxygen atoms in total. The van der Waals surface area contributed by atoms with Crippen molar-refractivity contribution >= 4 is 5.71 Å². The van der Waals surface area contributed by atoms with Crippen LogP contribution in [0.15, 0.2) is 59.8 Å². The lowest BCUT2D eigenvalue weighted by Crippen LogP contribution is -2.14. The minimum atomic E-state index is 0.122. The van der Waals surface area contributed by atoms with Crippen molar-refractivity contribution < 1.29 is 4.84 Å². The standard InChI is InChI=1S/C16H13NO/c1-2-6-11(7-3-1)15-14-10-12-8-4-5-9-13(12)16(14)18-17-15/h1-9,14,16H,10H2/t14-,16-/m0/s1. The maximum absolute atomic E-state index is 5.66. The third-order valence-electron chi connectivity index (χ3n) is 3.85. The largest absolute Gasteiger partial charge is 0.387 e. The molecule has 0 fully saturated rings. The van der Waals surface area contributed by atoms with Crippen LogP contribution in [0.5, 0.6) is 0 Å². The van der Waals surface area contributed by atoms with Crippen LogP contribution in [0.4, 0.5) is 0 Å². The summed E-state index contributed by atoms with van der Waals surface area (Å²) in [7, 11) is 0. The minimum absolute atomic E-state index is 0.122. The number of benzene rings is 2. The summed E-state index contributed by atoms with van der Waals surface area (Å²) in [4.78, 5) is 5.66. The molecule has 2 aliphatic rings. The van der Waals surface area contributed by atoms with Gasteiger partial charge in [-0.2, -0.15) is 0 Å². The third kappa shape index (κ3) is 1.32. The lowest BCUT2D eigenvalue weighted by atomic mass is 9.93. The molecule has 1 aliphatic heterocycles. The number of oxime groups is 1. The summed E-state index contributed by atoms with van der Waals surface area (Å²) in [6.45, 7) is 0. The molecule has 2 aromatic carbocycles. The molecule has 0 N–H and O–H groups in total. The molecule has 0 saturated heterocycles. The molecule has 2 atom stereocenters. The summed E-state index contributed by atoms with van der Waals surface area (Å²) < 4.78 is 0. The number of hydrogen-bond acceptors (Lipinski definition) is 2. The van der Waals surface area contributed by atoms with Gasteiger partial charge in [0.15, 0.2) is 6.10 Å². The molecule has 4 rings (SSSR count). The van der Waals surface area contributed by atoms with Crippen LogP contribution in [0.1, 0.15) is 22.8 Å². The van der Waals surface area contributed by atoms with Gasteiger partial charge >= 0.3 is 0 Å². The second kappa shape index (κ2) is 3.70. The van der Waals surface area contributed by atoms with Crippen molar-refractivity contribution in [3.05, 3.63) is 71.3 Å². The Morgan fingerprint density at radius 3 is 2.61 bits per heavy atom. The van der Waals surface area contributed by atoms with E-state index in [2.05, 4.69) is 41.6 Å². The molecule has 2 heteroatoms. The Hall–Kier alpha value is -2.09. The molecule has 0 saturated carbocycles. The van der Waals surface area contributed by atoms with Gasteiger partial charge in [-0.15, -0.1) is 0 Å². The Kier molecular flexibility index (Phi) is 2.04. The highest BCUT2D eigenvalue weighted by molar-refractivity contribution is 6.03. The first-order chi connectivity index (χ1) is 8.93. The van der Waals surface area contributed by atoms with Gasteiger partial charge in [0.25, 0.3) is 0 Å². The Balaban J connectivity index is 1.73. The first-order valence-corrected chi connectivity index (χ1v) is 6.30. The maximum atomic E-state index is 5.66. The Morgan fingerprint density at radius 1 is 0.944 bits per heavy atom. The van der Waals surface area contributed by atoms with E-state index in [1.807, 2.05) is 18.2 Å². The average Bonchev–Trinajstić information content (AvgIpc) is 2.98. The first kappa shape index (κ1) is 9.89. The van der Waals surface area contributed by atoms with Gasteiger partial charge in [-0.3, -0.25) is 0 Å². The minimum Gasteiger partial charge on any atom is -0.387 e. The van der Waals surface area contributed by atoms with Gasteiger partial charge in [-0.25, -0.2) is 0 Å². The monoisotopic (exact) mass is 235 g/mol. The lowest BCUT2D eigenvalue weighted by Gasteiger charge is -2.09. The van der Waals surface area contributed by atoms with Crippen molar-refractivity contribution in [2.45, 2.75) is 12.5 Å². The molecule has 1 aliphatic carbocycles. The second-order valence-electron chi connectivity index (χ2n) is 4.88. The number of hydrogen-bond donors (Lipinski definition) is 0. The van der Waals surface area contributed by atoms with E-state index in [-0.39, 0.29) is 6.10 Å². The smallest absolute Gasteiger partial charge is 0.161 e. The van der Waals surface area contributed by atoms with E-state index in [0.29, 0.717) is 5.92 Å². The van der Waals surface area contributed by atoms with E-state index in [1.54, 1.807) is 0 Å². The summed E-state index contributed by atoms with van der Waals surface area (Å²) >= 11 is 0. The molecule has 1 heterocycles. The Morgan fingerprint density at radius 2 is 1.72 bits per heavy atom. The van der Waals surface area contributed by atoms with Gasteiger partial charge in [0, 0.05) is 0 Å². The fourth-order valence-corrected chi connectivity index (χ4v) is 2.99. The van der Waals surface area contributed by atoms with Gasteiger partial charge in [0.1, 0.15) is 0 Å². The van der Waals surface area contributed by atoms with Gasteiger partial charge in [-0.1, -0.05) is 59.8 Å². The zero-order valence-corrected chi connectivity index (χ0v) is 9.91. The van der Waals surface area contributed by atoms with Crippen LogP contribution in [0, 0.1) is 5.92 Å². The van der Waals surface area contributed by atoms with Gasteiger partial charge in [-0.05, 0) is 23.1 Å². The fourth-order valence-electron chi connectivity index (χ4n) is 2.99. The molecule has 18 heavy (non-hydrogen) atoms. The first-order valence-electron chi connectivity index (χ1n) is 6.30. The third-order valence-corrected chi connectivity index (χ3v) is 3.85. The van der Waals surface area contributed by atoms with E-state index in [4.69, 9.17) is 4.84 Å². The van der Waals surface area contributed by atoms with Crippen LogP contribution in [0.2, 0.25) is 0 Å². The van der Waals surface area contributed by atoms with Crippen LogP contribution in [0.3, 0.4) is 0 Å². The van der Waals surface area contributed by atoms with E-state index in [0.717, 1.165) is 12.1 Å². The quantitative estimate of drug-likeness (QED) is 0.743. The molecule has 2 aromatic rings. The van der Waals surface area contributed by atoms with Crippen LogP contribution < -0.4 is 0 Å². The number of nitrogens with zero attached hydrogens (tertiary/aromatic N) is 1. The van der Waals surface area contributed by atoms with Crippen LogP contribution in [0.25, 0.3) is 0 Å². The predicted molar refractivity (Wildman–Crippen MR) is 70.4 cm³/mol. The zero-order chi connectivity index (χ0) is 11.9. The lowest BCUT2D eigenvalue weighted by molar-refractivity contribution is 0.0697. The molecular weight excluding hydrogens is 222 g/mol. The highest BCUT2D eigenvalue weighted by Gasteiger charge is 2.42. The summed E-state index contributed by atoms with van der Waals surface area (Å²) in [5.41, 5.74) is 4.97. The highest BCUT2D eigenvalue weighted by atomic mass is 16.6. The zero-order valence-electron chi connectivity index (χ0n) is 9.91. The van der Waals surface area contributed by atoms with Crippen molar-refractivity contribution in [2.75, 3.05) is 0 Å². The Bertz CT molecular complexity index is 618. The average molecular weight is 235 g/mol. The summed E-state index contributed by atoms with van der Waals surface area (Å²) in [5, 5.41) is 4.31. The van der Waals surface area contributed by atoms with Gasteiger partial charge in [0.2, 0.25) is 0 Å². The van der Waals surface area contributed by atoms with Crippen molar-refractivity contribution in [3.63, 3.8) is 0 Å². The number of rotatable bonds is 1. The van der Waals surface area contributed by atoms with Crippen LogP contribution >= 0.6 is 0 Å². The maximum Gasteiger partial charge on any atom is 0.161 e. The molecule has 0 amide bonds. The molecule has 0 spiro atoms. The van der Waals surface area contributed by atoms with Gasteiger partial charge < -0.3 is 4.84 Å². The summed E-state index contributed by atoms with van der Waals surface area (Å²) in [6, 6.07) is 18.9. The highest BCUT2D eigenvalue weighted by Crippen LogP contribution is 2.44. The molecular formula is C16H13NO. The summed E-state index contributed by atoms with van der Waals surface area (Å²) in [5.74, 6) is 0.379. The molecule has 0 bridgehead atoms. The van der Waals surface area contributed by atoms with Crippen LogP contribution in [-0.4, -0.2) is 5.71 Å². The van der Waals surface area contributed by atoms with Crippen molar-refractivity contribution in [1.82, 2.24) is 0 Å². The predicted octanol–water partition coefficient (Wildman–Crippen LogP) is 3.33.